The highest BCUT2D eigenvalue weighted by molar-refractivity contribution is 6.30. The molecule has 0 saturated heterocycles. The second-order valence-corrected chi connectivity index (χ2v) is 4.61. The van der Waals surface area contributed by atoms with Crippen molar-refractivity contribution in [1.82, 2.24) is 9.78 Å². The summed E-state index contributed by atoms with van der Waals surface area (Å²) in [7, 11) is 1.84. The number of aryl methyl sites for hydroxylation is 1. The molecule has 0 aliphatic heterocycles. The van der Waals surface area contributed by atoms with E-state index in [1.54, 1.807) is 28.9 Å². The van der Waals surface area contributed by atoms with E-state index in [0.29, 0.717) is 17.3 Å². The van der Waals surface area contributed by atoms with E-state index >= 15 is 0 Å². The average Bonchev–Trinajstić information content (AvgIpc) is 2.81. The fraction of sp³-hybridized carbons (Fsp3) is 0.308. The first-order valence-corrected chi connectivity index (χ1v) is 6.31. The summed E-state index contributed by atoms with van der Waals surface area (Å²) in [5.74, 6) is 1.41. The highest BCUT2D eigenvalue weighted by Crippen LogP contribution is 2.15. The Kier molecular flexibility index (Phi) is 4.65. The Morgan fingerprint density at radius 1 is 1.37 bits per heavy atom. The van der Waals surface area contributed by atoms with Gasteiger partial charge in [-0.1, -0.05) is 11.6 Å². The first kappa shape index (κ1) is 13.7. The molecule has 0 saturated carbocycles. The van der Waals surface area contributed by atoms with Crippen LogP contribution in [0.5, 0.6) is 5.75 Å². The summed E-state index contributed by atoms with van der Waals surface area (Å²) in [6, 6.07) is 8.86. The maximum atomic E-state index is 9.79. The fourth-order valence-electron chi connectivity index (χ4n) is 1.51. The lowest BCUT2D eigenvalue weighted by molar-refractivity contribution is 0.117. The van der Waals surface area contributed by atoms with Crippen LogP contribution in [0.2, 0.25) is 5.02 Å². The minimum absolute atomic E-state index is 0.210. The second kappa shape index (κ2) is 6.45. The van der Waals surface area contributed by atoms with Gasteiger partial charge in [0.05, 0.1) is 0 Å². The van der Waals surface area contributed by atoms with Gasteiger partial charge in [-0.15, -0.1) is 0 Å². The van der Waals surface area contributed by atoms with Gasteiger partial charge in [0, 0.05) is 30.9 Å². The van der Waals surface area contributed by atoms with E-state index in [2.05, 4.69) is 10.4 Å². The molecule has 0 radical (unpaired) electrons. The SMILES string of the molecule is Cn1ccc(NCC(O)COc2ccc(Cl)cc2)n1. The third-order valence-corrected chi connectivity index (χ3v) is 2.74. The Hall–Kier alpha value is -1.72. The molecule has 6 heteroatoms. The lowest BCUT2D eigenvalue weighted by atomic mass is 10.3. The minimum atomic E-state index is -0.613. The molecule has 1 heterocycles. The molecule has 2 rings (SSSR count). The molecule has 1 atom stereocenters. The molecular formula is C13H16ClN3O2. The zero-order chi connectivity index (χ0) is 13.7. The number of rotatable bonds is 6. The quantitative estimate of drug-likeness (QED) is 0.849. The summed E-state index contributed by atoms with van der Waals surface area (Å²) < 4.78 is 7.14. The number of benzene rings is 1. The van der Waals surface area contributed by atoms with Crippen LogP contribution in [0.1, 0.15) is 0 Å². The Bertz CT molecular complexity index is 513. The Morgan fingerprint density at radius 3 is 2.74 bits per heavy atom. The van der Waals surface area contributed by atoms with Gasteiger partial charge >= 0.3 is 0 Å². The highest BCUT2D eigenvalue weighted by atomic mass is 35.5. The van der Waals surface area contributed by atoms with Crippen molar-refractivity contribution in [2.45, 2.75) is 6.10 Å². The van der Waals surface area contributed by atoms with Gasteiger partial charge in [0.15, 0.2) is 0 Å². The van der Waals surface area contributed by atoms with Crippen LogP contribution in [-0.2, 0) is 7.05 Å². The summed E-state index contributed by atoms with van der Waals surface area (Å²) in [6.07, 6.45) is 1.22. The van der Waals surface area contributed by atoms with Crippen molar-refractivity contribution in [3.8, 4) is 5.75 Å². The summed E-state index contributed by atoms with van der Waals surface area (Å²) >= 11 is 5.77. The largest absolute Gasteiger partial charge is 0.491 e. The molecule has 0 bridgehead atoms. The standard InChI is InChI=1S/C13H16ClN3O2/c1-17-7-6-13(16-17)15-8-11(18)9-19-12-4-2-10(14)3-5-12/h2-7,11,18H,8-9H2,1H3,(H,15,16). The third-order valence-electron chi connectivity index (χ3n) is 2.49. The molecule has 0 spiro atoms. The van der Waals surface area contributed by atoms with Crippen molar-refractivity contribution in [1.29, 1.82) is 0 Å². The molecule has 2 N–H and O–H groups in total. The number of ether oxygens (including phenoxy) is 1. The first-order valence-electron chi connectivity index (χ1n) is 5.93. The van der Waals surface area contributed by atoms with E-state index in [-0.39, 0.29) is 6.61 Å². The topological polar surface area (TPSA) is 59.3 Å². The van der Waals surface area contributed by atoms with Crippen molar-refractivity contribution < 1.29 is 9.84 Å². The highest BCUT2D eigenvalue weighted by Gasteiger charge is 2.06. The zero-order valence-electron chi connectivity index (χ0n) is 10.6. The first-order chi connectivity index (χ1) is 9.13. The van der Waals surface area contributed by atoms with Crippen LogP contribution in [0.15, 0.2) is 36.5 Å². The van der Waals surface area contributed by atoms with Crippen LogP contribution in [0, 0.1) is 0 Å². The number of halogens is 1. The number of aromatic nitrogens is 2. The number of anilines is 1. The van der Waals surface area contributed by atoms with Crippen LogP contribution >= 0.6 is 11.6 Å². The van der Waals surface area contributed by atoms with Crippen molar-refractivity contribution >= 4 is 17.4 Å². The smallest absolute Gasteiger partial charge is 0.148 e. The Morgan fingerprint density at radius 2 is 2.11 bits per heavy atom. The number of nitrogens with zero attached hydrogens (tertiary/aromatic N) is 2. The van der Waals surface area contributed by atoms with Gasteiger partial charge < -0.3 is 15.2 Å². The third kappa shape index (κ3) is 4.46. The van der Waals surface area contributed by atoms with Crippen LogP contribution < -0.4 is 10.1 Å². The van der Waals surface area contributed by atoms with Crippen molar-refractivity contribution in [3.05, 3.63) is 41.6 Å². The molecule has 0 amide bonds. The van der Waals surface area contributed by atoms with Gasteiger partial charge in [-0.05, 0) is 24.3 Å². The molecule has 19 heavy (non-hydrogen) atoms. The molecule has 1 aromatic carbocycles. The molecule has 2 aromatic rings. The molecule has 5 nitrogen and oxygen atoms in total. The van der Waals surface area contributed by atoms with Crippen LogP contribution in [0.25, 0.3) is 0 Å². The molecule has 1 aromatic heterocycles. The number of aliphatic hydroxyl groups is 1. The number of aliphatic hydroxyl groups excluding tert-OH is 1. The lowest BCUT2D eigenvalue weighted by Crippen LogP contribution is -2.26. The molecule has 0 aliphatic rings. The lowest BCUT2D eigenvalue weighted by Gasteiger charge is -2.12. The summed E-state index contributed by atoms with van der Waals surface area (Å²) in [5.41, 5.74) is 0. The predicted molar refractivity (Wildman–Crippen MR) is 74.7 cm³/mol. The summed E-state index contributed by atoms with van der Waals surface area (Å²) in [6.45, 7) is 0.589. The molecular weight excluding hydrogens is 266 g/mol. The molecule has 1 unspecified atom stereocenters. The van der Waals surface area contributed by atoms with Crippen molar-refractivity contribution in [2.75, 3.05) is 18.5 Å². The van der Waals surface area contributed by atoms with E-state index in [9.17, 15) is 5.11 Å². The fourth-order valence-corrected chi connectivity index (χ4v) is 1.64. The van der Waals surface area contributed by atoms with Gasteiger partial charge in [-0.3, -0.25) is 4.68 Å². The normalized spacial score (nSPS) is 12.2. The van der Waals surface area contributed by atoms with Gasteiger partial charge in [-0.25, -0.2) is 0 Å². The molecule has 0 aliphatic carbocycles. The summed E-state index contributed by atoms with van der Waals surface area (Å²) in [5, 5.41) is 17.6. The Balaban J connectivity index is 1.72. The van der Waals surface area contributed by atoms with Gasteiger partial charge in [0.25, 0.3) is 0 Å². The van der Waals surface area contributed by atoms with Gasteiger partial charge in [0.2, 0.25) is 0 Å². The monoisotopic (exact) mass is 281 g/mol. The van der Waals surface area contributed by atoms with Gasteiger partial charge in [-0.2, -0.15) is 5.10 Å². The Labute approximate surface area is 116 Å². The average molecular weight is 282 g/mol. The van der Waals surface area contributed by atoms with Crippen LogP contribution in [0.4, 0.5) is 5.82 Å². The number of hydrogen-bond acceptors (Lipinski definition) is 4. The van der Waals surface area contributed by atoms with E-state index in [1.165, 1.54) is 0 Å². The zero-order valence-corrected chi connectivity index (χ0v) is 11.3. The molecule has 102 valence electrons. The van der Waals surface area contributed by atoms with E-state index in [0.717, 1.165) is 5.82 Å². The second-order valence-electron chi connectivity index (χ2n) is 4.17. The summed E-state index contributed by atoms with van der Waals surface area (Å²) in [4.78, 5) is 0. The van der Waals surface area contributed by atoms with E-state index in [4.69, 9.17) is 16.3 Å². The van der Waals surface area contributed by atoms with Crippen molar-refractivity contribution in [2.24, 2.45) is 7.05 Å². The van der Waals surface area contributed by atoms with E-state index in [1.807, 2.05) is 19.3 Å². The maximum absolute atomic E-state index is 9.79. The van der Waals surface area contributed by atoms with Gasteiger partial charge in [0.1, 0.15) is 24.3 Å². The molecule has 0 fully saturated rings. The number of hydrogen-bond donors (Lipinski definition) is 2. The predicted octanol–water partition coefficient (Wildman–Crippen LogP) is 1.93. The van der Waals surface area contributed by atoms with Crippen LogP contribution in [0.3, 0.4) is 0 Å². The van der Waals surface area contributed by atoms with E-state index < -0.39 is 6.10 Å². The van der Waals surface area contributed by atoms with Crippen molar-refractivity contribution in [3.63, 3.8) is 0 Å². The minimum Gasteiger partial charge on any atom is -0.491 e. The number of nitrogens with one attached hydrogen (secondary N) is 1. The van der Waals surface area contributed by atoms with Crippen LogP contribution in [-0.4, -0.2) is 34.1 Å². The maximum Gasteiger partial charge on any atom is 0.148 e.